The van der Waals surface area contributed by atoms with Crippen molar-refractivity contribution in [2.75, 3.05) is 6.54 Å². The van der Waals surface area contributed by atoms with Gasteiger partial charge in [0.25, 0.3) is 0 Å². The molecular formula is C16H31NO. The highest BCUT2D eigenvalue weighted by atomic mass is 16.1. The second-order valence-electron chi connectivity index (χ2n) is 5.83. The maximum Gasteiger partial charge on any atom is 0.149 e. The van der Waals surface area contributed by atoms with E-state index in [1.807, 2.05) is 0 Å². The third-order valence-corrected chi connectivity index (χ3v) is 4.26. The lowest BCUT2D eigenvalue weighted by molar-refractivity contribution is -0.122. The largest absolute Gasteiger partial charge is 0.324 e. The molecule has 1 fully saturated rings. The fourth-order valence-corrected chi connectivity index (χ4v) is 3.01. The lowest BCUT2D eigenvalue weighted by Gasteiger charge is -2.15. The van der Waals surface area contributed by atoms with Gasteiger partial charge in [0.1, 0.15) is 5.78 Å². The van der Waals surface area contributed by atoms with Gasteiger partial charge in [-0.05, 0) is 12.8 Å². The van der Waals surface area contributed by atoms with E-state index in [-0.39, 0.29) is 12.5 Å². The Kier molecular flexibility index (Phi) is 9.19. The summed E-state index contributed by atoms with van der Waals surface area (Å²) in [4.78, 5) is 11.8. The van der Waals surface area contributed by atoms with Gasteiger partial charge in [-0.3, -0.25) is 4.79 Å². The molecule has 0 unspecified atom stereocenters. The Morgan fingerprint density at radius 2 is 1.06 bits per heavy atom. The van der Waals surface area contributed by atoms with Gasteiger partial charge in [0.15, 0.2) is 0 Å². The van der Waals surface area contributed by atoms with Crippen molar-refractivity contribution in [1.82, 2.24) is 0 Å². The highest BCUT2D eigenvalue weighted by molar-refractivity contribution is 5.82. The minimum absolute atomic E-state index is 0.241. The van der Waals surface area contributed by atoms with Gasteiger partial charge in [-0.25, -0.2) is 0 Å². The van der Waals surface area contributed by atoms with Gasteiger partial charge >= 0.3 is 0 Å². The van der Waals surface area contributed by atoms with E-state index < -0.39 is 0 Å². The predicted molar refractivity (Wildman–Crippen MR) is 77.6 cm³/mol. The SMILES string of the molecule is NCC(=O)C1CCCCCCCCCCCCC1. The molecule has 0 aromatic carbocycles. The average Bonchev–Trinajstić information content (AvgIpc) is 2.40. The standard InChI is InChI=1S/C16H31NO/c17-14-16(18)15-12-10-8-6-4-2-1-3-5-7-9-11-13-15/h15H,1-14,17H2. The van der Waals surface area contributed by atoms with Crippen LogP contribution in [-0.4, -0.2) is 12.3 Å². The molecule has 106 valence electrons. The maximum absolute atomic E-state index is 11.8. The molecule has 0 spiro atoms. The molecule has 2 N–H and O–H groups in total. The summed E-state index contributed by atoms with van der Waals surface area (Å²) in [5.41, 5.74) is 5.51. The molecule has 2 heteroatoms. The number of hydrogen-bond donors (Lipinski definition) is 1. The fourth-order valence-electron chi connectivity index (χ4n) is 3.01. The van der Waals surface area contributed by atoms with E-state index in [4.69, 9.17) is 5.73 Å². The summed E-state index contributed by atoms with van der Waals surface area (Å²) in [6, 6.07) is 0. The Morgan fingerprint density at radius 1 is 0.722 bits per heavy atom. The molecule has 18 heavy (non-hydrogen) atoms. The molecule has 0 aromatic heterocycles. The molecule has 0 bridgehead atoms. The number of ketones is 1. The van der Waals surface area contributed by atoms with Crippen molar-refractivity contribution in [1.29, 1.82) is 0 Å². The van der Waals surface area contributed by atoms with Crippen LogP contribution in [0.2, 0.25) is 0 Å². The monoisotopic (exact) mass is 253 g/mol. The number of hydrogen-bond acceptors (Lipinski definition) is 2. The third-order valence-electron chi connectivity index (χ3n) is 4.26. The molecule has 0 heterocycles. The topological polar surface area (TPSA) is 43.1 Å². The van der Waals surface area contributed by atoms with Gasteiger partial charge in [-0.1, -0.05) is 70.6 Å². The van der Waals surface area contributed by atoms with Crippen LogP contribution in [-0.2, 0) is 4.79 Å². The summed E-state index contributed by atoms with van der Waals surface area (Å²) in [7, 11) is 0. The molecule has 0 amide bonds. The fraction of sp³-hybridized carbons (Fsp3) is 0.938. The van der Waals surface area contributed by atoms with Gasteiger partial charge in [0.05, 0.1) is 6.54 Å². The molecule has 1 aliphatic carbocycles. The number of carbonyl (C=O) groups is 1. The summed E-state index contributed by atoms with van der Waals surface area (Å²) in [6.45, 7) is 0.241. The lowest BCUT2D eigenvalue weighted by atomic mass is 9.90. The van der Waals surface area contributed by atoms with E-state index in [2.05, 4.69) is 0 Å². The lowest BCUT2D eigenvalue weighted by Crippen LogP contribution is -2.23. The first kappa shape index (κ1) is 15.7. The first-order valence-electron chi connectivity index (χ1n) is 8.07. The molecule has 2 nitrogen and oxygen atoms in total. The minimum atomic E-state index is 0.241. The molecule has 1 saturated carbocycles. The van der Waals surface area contributed by atoms with Crippen LogP contribution in [0.25, 0.3) is 0 Å². The summed E-state index contributed by atoms with van der Waals surface area (Å²) in [5, 5.41) is 0. The zero-order valence-electron chi connectivity index (χ0n) is 12.0. The van der Waals surface area contributed by atoms with E-state index >= 15 is 0 Å². The zero-order chi connectivity index (χ0) is 13.1. The summed E-state index contributed by atoms with van der Waals surface area (Å²) >= 11 is 0. The van der Waals surface area contributed by atoms with Gasteiger partial charge in [0, 0.05) is 5.92 Å². The average molecular weight is 253 g/mol. The van der Waals surface area contributed by atoms with Crippen molar-refractivity contribution in [3.05, 3.63) is 0 Å². The van der Waals surface area contributed by atoms with Gasteiger partial charge in [-0.15, -0.1) is 0 Å². The van der Waals surface area contributed by atoms with Crippen LogP contribution in [0, 0.1) is 5.92 Å². The van der Waals surface area contributed by atoms with Crippen LogP contribution in [0.1, 0.15) is 83.5 Å². The Balaban J connectivity index is 2.31. The summed E-state index contributed by atoms with van der Waals surface area (Å²) in [5.74, 6) is 0.556. The predicted octanol–water partition coefficient (Wildman–Crippen LogP) is 4.22. The summed E-state index contributed by atoms with van der Waals surface area (Å²) < 4.78 is 0. The Morgan fingerprint density at radius 3 is 1.39 bits per heavy atom. The van der Waals surface area contributed by atoms with Crippen molar-refractivity contribution in [2.45, 2.75) is 83.5 Å². The quantitative estimate of drug-likeness (QED) is 0.801. The van der Waals surface area contributed by atoms with E-state index in [9.17, 15) is 4.79 Å². The molecule has 1 rings (SSSR count). The van der Waals surface area contributed by atoms with Crippen LogP contribution in [0.3, 0.4) is 0 Å². The summed E-state index contributed by atoms with van der Waals surface area (Å²) in [6.07, 6.45) is 16.9. The van der Waals surface area contributed by atoms with Crippen LogP contribution in [0.15, 0.2) is 0 Å². The molecule has 0 aliphatic heterocycles. The van der Waals surface area contributed by atoms with Gasteiger partial charge in [-0.2, -0.15) is 0 Å². The smallest absolute Gasteiger partial charge is 0.149 e. The highest BCUT2D eigenvalue weighted by Crippen LogP contribution is 2.21. The molecule has 1 aliphatic rings. The molecule has 0 atom stereocenters. The van der Waals surface area contributed by atoms with E-state index in [0.717, 1.165) is 12.8 Å². The number of carbonyl (C=O) groups excluding carboxylic acids is 1. The normalized spacial score (nSPS) is 22.3. The van der Waals surface area contributed by atoms with Crippen molar-refractivity contribution in [3.63, 3.8) is 0 Å². The number of nitrogens with two attached hydrogens (primary N) is 1. The third kappa shape index (κ3) is 7.15. The van der Waals surface area contributed by atoms with E-state index in [0.29, 0.717) is 5.78 Å². The first-order valence-corrected chi connectivity index (χ1v) is 8.07. The van der Waals surface area contributed by atoms with Crippen LogP contribution < -0.4 is 5.73 Å². The number of rotatable bonds is 2. The van der Waals surface area contributed by atoms with Crippen LogP contribution in [0.4, 0.5) is 0 Å². The van der Waals surface area contributed by atoms with E-state index in [1.165, 1.54) is 70.6 Å². The maximum atomic E-state index is 11.8. The van der Waals surface area contributed by atoms with Crippen molar-refractivity contribution >= 4 is 5.78 Å². The van der Waals surface area contributed by atoms with Crippen LogP contribution >= 0.6 is 0 Å². The van der Waals surface area contributed by atoms with Crippen molar-refractivity contribution in [3.8, 4) is 0 Å². The van der Waals surface area contributed by atoms with Crippen LogP contribution in [0.5, 0.6) is 0 Å². The minimum Gasteiger partial charge on any atom is -0.324 e. The highest BCUT2D eigenvalue weighted by Gasteiger charge is 2.16. The molecule has 0 saturated heterocycles. The van der Waals surface area contributed by atoms with Gasteiger partial charge in [0.2, 0.25) is 0 Å². The Hall–Kier alpha value is -0.370. The van der Waals surface area contributed by atoms with Crippen molar-refractivity contribution in [2.24, 2.45) is 11.7 Å². The Bertz CT molecular complexity index is 201. The second-order valence-corrected chi connectivity index (χ2v) is 5.83. The number of Topliss-reactive ketones (excluding diaryl/α,β-unsaturated/α-hetero) is 1. The van der Waals surface area contributed by atoms with Crippen molar-refractivity contribution < 1.29 is 4.79 Å². The second kappa shape index (κ2) is 10.5. The zero-order valence-corrected chi connectivity index (χ0v) is 12.0. The molecular weight excluding hydrogens is 222 g/mol. The molecule has 0 aromatic rings. The molecule has 0 radical (unpaired) electrons. The Labute approximate surface area is 113 Å². The van der Waals surface area contributed by atoms with E-state index in [1.54, 1.807) is 0 Å². The first-order chi connectivity index (χ1) is 8.84. The van der Waals surface area contributed by atoms with Gasteiger partial charge < -0.3 is 5.73 Å².